The third-order valence-electron chi connectivity index (χ3n) is 3.07. The SMILES string of the molecule is COC(=O)CC1C[C@@H](CF)N[C@@](C)(CF)C1. The summed E-state index contributed by atoms with van der Waals surface area (Å²) in [6.45, 7) is 0.632. The van der Waals surface area contributed by atoms with E-state index in [0.29, 0.717) is 12.8 Å². The summed E-state index contributed by atoms with van der Waals surface area (Å²) in [5.74, 6) is -0.319. The minimum atomic E-state index is -0.715. The molecule has 0 amide bonds. The van der Waals surface area contributed by atoms with Gasteiger partial charge in [0.15, 0.2) is 0 Å². The highest BCUT2D eigenvalue weighted by atomic mass is 19.1. The topological polar surface area (TPSA) is 38.3 Å². The van der Waals surface area contributed by atoms with Gasteiger partial charge in [-0.05, 0) is 25.7 Å². The molecule has 16 heavy (non-hydrogen) atoms. The minimum Gasteiger partial charge on any atom is -0.469 e. The molecule has 3 nitrogen and oxygen atoms in total. The van der Waals surface area contributed by atoms with Gasteiger partial charge in [0, 0.05) is 18.0 Å². The van der Waals surface area contributed by atoms with E-state index in [4.69, 9.17) is 0 Å². The molecule has 94 valence electrons. The normalized spacial score (nSPS) is 34.8. The van der Waals surface area contributed by atoms with Crippen molar-refractivity contribution >= 4 is 5.97 Å². The van der Waals surface area contributed by atoms with Crippen LogP contribution >= 0.6 is 0 Å². The number of hydrogen-bond donors (Lipinski definition) is 1. The molecule has 0 aromatic rings. The molecule has 0 radical (unpaired) electrons. The van der Waals surface area contributed by atoms with Crippen molar-refractivity contribution < 1.29 is 18.3 Å². The van der Waals surface area contributed by atoms with E-state index in [0.717, 1.165) is 0 Å². The molecule has 5 heteroatoms. The van der Waals surface area contributed by atoms with E-state index in [1.54, 1.807) is 6.92 Å². The summed E-state index contributed by atoms with van der Waals surface area (Å²) >= 11 is 0. The summed E-state index contributed by atoms with van der Waals surface area (Å²) in [5, 5.41) is 2.95. The van der Waals surface area contributed by atoms with Gasteiger partial charge in [-0.1, -0.05) is 0 Å². The number of rotatable bonds is 4. The molecule has 0 aliphatic carbocycles. The smallest absolute Gasteiger partial charge is 0.305 e. The molecule has 1 saturated heterocycles. The highest BCUT2D eigenvalue weighted by Gasteiger charge is 2.37. The predicted molar refractivity (Wildman–Crippen MR) is 56.6 cm³/mol. The van der Waals surface area contributed by atoms with Gasteiger partial charge in [0.25, 0.3) is 0 Å². The Morgan fingerprint density at radius 2 is 2.25 bits per heavy atom. The van der Waals surface area contributed by atoms with Crippen LogP contribution in [-0.2, 0) is 9.53 Å². The average molecular weight is 235 g/mol. The van der Waals surface area contributed by atoms with E-state index >= 15 is 0 Å². The van der Waals surface area contributed by atoms with Gasteiger partial charge in [-0.15, -0.1) is 0 Å². The van der Waals surface area contributed by atoms with Crippen LogP contribution < -0.4 is 5.32 Å². The van der Waals surface area contributed by atoms with Gasteiger partial charge in [0.2, 0.25) is 0 Å². The van der Waals surface area contributed by atoms with Gasteiger partial charge in [0.1, 0.15) is 13.3 Å². The number of piperidine rings is 1. The fourth-order valence-corrected chi connectivity index (χ4v) is 2.40. The number of methoxy groups -OCH3 is 1. The van der Waals surface area contributed by atoms with Crippen LogP contribution in [0.15, 0.2) is 0 Å². The van der Waals surface area contributed by atoms with Crippen molar-refractivity contribution in [2.24, 2.45) is 5.92 Å². The second-order valence-corrected chi connectivity index (χ2v) is 4.78. The fourth-order valence-electron chi connectivity index (χ4n) is 2.40. The zero-order valence-corrected chi connectivity index (χ0v) is 9.76. The summed E-state index contributed by atoms with van der Waals surface area (Å²) in [5.41, 5.74) is -0.715. The Morgan fingerprint density at radius 3 is 2.75 bits per heavy atom. The van der Waals surface area contributed by atoms with E-state index in [1.807, 2.05) is 0 Å². The van der Waals surface area contributed by atoms with Gasteiger partial charge in [0.05, 0.1) is 7.11 Å². The van der Waals surface area contributed by atoms with Crippen molar-refractivity contribution in [2.75, 3.05) is 20.5 Å². The highest BCUT2D eigenvalue weighted by Crippen LogP contribution is 2.30. The average Bonchev–Trinajstić information content (AvgIpc) is 2.28. The zero-order chi connectivity index (χ0) is 12.2. The molecule has 0 aromatic carbocycles. The largest absolute Gasteiger partial charge is 0.469 e. The van der Waals surface area contributed by atoms with Crippen LogP contribution in [0.25, 0.3) is 0 Å². The van der Waals surface area contributed by atoms with Crippen molar-refractivity contribution in [3.63, 3.8) is 0 Å². The quantitative estimate of drug-likeness (QED) is 0.752. The molecule has 1 aliphatic heterocycles. The number of hydrogen-bond acceptors (Lipinski definition) is 3. The number of alkyl halides is 2. The molecule has 1 aliphatic rings. The van der Waals surface area contributed by atoms with Crippen LogP contribution in [0.1, 0.15) is 26.2 Å². The summed E-state index contributed by atoms with van der Waals surface area (Å²) in [6.07, 6.45) is 1.33. The Bertz CT molecular complexity index is 250. The summed E-state index contributed by atoms with van der Waals surface area (Å²) < 4.78 is 30.1. The first-order chi connectivity index (χ1) is 7.53. The van der Waals surface area contributed by atoms with E-state index in [1.165, 1.54) is 7.11 Å². The van der Waals surface area contributed by atoms with Crippen molar-refractivity contribution in [1.82, 2.24) is 5.32 Å². The molecule has 0 bridgehead atoms. The van der Waals surface area contributed by atoms with Gasteiger partial charge >= 0.3 is 5.97 Å². The van der Waals surface area contributed by atoms with E-state index in [9.17, 15) is 13.6 Å². The molecule has 0 spiro atoms. The Labute approximate surface area is 94.5 Å². The first kappa shape index (κ1) is 13.4. The lowest BCUT2D eigenvalue weighted by molar-refractivity contribution is -0.142. The Hall–Kier alpha value is -0.710. The molecule has 0 aromatic heterocycles. The maximum Gasteiger partial charge on any atom is 0.305 e. The number of ether oxygens (including phenoxy) is 1. The van der Waals surface area contributed by atoms with Gasteiger partial charge in [-0.25, -0.2) is 8.78 Å². The molecule has 1 fully saturated rings. The Balaban J connectivity index is 2.61. The molecule has 1 heterocycles. The van der Waals surface area contributed by atoms with Crippen LogP contribution in [0.5, 0.6) is 0 Å². The lowest BCUT2D eigenvalue weighted by Gasteiger charge is -2.41. The lowest BCUT2D eigenvalue weighted by Crippen LogP contribution is -2.56. The number of carbonyl (C=O) groups is 1. The Kier molecular flexibility index (Phi) is 4.65. The van der Waals surface area contributed by atoms with Gasteiger partial charge in [-0.2, -0.15) is 0 Å². The second-order valence-electron chi connectivity index (χ2n) is 4.78. The summed E-state index contributed by atoms with van der Waals surface area (Å²) in [6, 6.07) is -0.357. The Morgan fingerprint density at radius 1 is 1.56 bits per heavy atom. The number of halogens is 2. The van der Waals surface area contributed by atoms with Gasteiger partial charge < -0.3 is 10.1 Å². The highest BCUT2D eigenvalue weighted by molar-refractivity contribution is 5.69. The van der Waals surface area contributed by atoms with Crippen LogP contribution in [0, 0.1) is 5.92 Å². The molecule has 1 unspecified atom stereocenters. The maximum atomic E-state index is 12.9. The van der Waals surface area contributed by atoms with Crippen LogP contribution in [0.2, 0.25) is 0 Å². The van der Waals surface area contributed by atoms with E-state index in [2.05, 4.69) is 10.1 Å². The second kappa shape index (κ2) is 5.57. The number of carbonyl (C=O) groups excluding carboxylic acids is 1. The molecule has 1 N–H and O–H groups in total. The predicted octanol–water partition coefficient (Wildman–Crippen LogP) is 1.62. The first-order valence-electron chi connectivity index (χ1n) is 5.49. The van der Waals surface area contributed by atoms with Crippen LogP contribution in [0.4, 0.5) is 8.78 Å². The molecule has 1 rings (SSSR count). The van der Waals surface area contributed by atoms with Crippen molar-refractivity contribution in [2.45, 2.75) is 37.8 Å². The maximum absolute atomic E-state index is 12.9. The summed E-state index contributed by atoms with van der Waals surface area (Å²) in [7, 11) is 1.32. The molecular formula is C11H19F2NO2. The van der Waals surface area contributed by atoms with Crippen LogP contribution in [0.3, 0.4) is 0 Å². The number of nitrogens with one attached hydrogen (secondary N) is 1. The summed E-state index contributed by atoms with van der Waals surface area (Å²) in [4.78, 5) is 11.1. The van der Waals surface area contributed by atoms with Crippen molar-refractivity contribution in [3.05, 3.63) is 0 Å². The zero-order valence-electron chi connectivity index (χ0n) is 9.76. The monoisotopic (exact) mass is 235 g/mol. The van der Waals surface area contributed by atoms with Crippen molar-refractivity contribution in [1.29, 1.82) is 0 Å². The van der Waals surface area contributed by atoms with Gasteiger partial charge in [-0.3, -0.25) is 4.79 Å². The number of esters is 1. The van der Waals surface area contributed by atoms with Crippen LogP contribution in [-0.4, -0.2) is 38.0 Å². The third-order valence-corrected chi connectivity index (χ3v) is 3.07. The van der Waals surface area contributed by atoms with E-state index < -0.39 is 18.9 Å². The van der Waals surface area contributed by atoms with Crippen molar-refractivity contribution in [3.8, 4) is 0 Å². The fraction of sp³-hybridized carbons (Fsp3) is 0.909. The first-order valence-corrected chi connectivity index (χ1v) is 5.49. The molecule has 0 saturated carbocycles. The third kappa shape index (κ3) is 3.40. The minimum absolute atomic E-state index is 0.00444. The standard InChI is InChI=1S/C11H19F2NO2/c1-11(7-13)5-8(4-10(15)16-2)3-9(6-12)14-11/h8-9,14H,3-7H2,1-2H3/t8?,9-,11+/m0/s1. The van der Waals surface area contributed by atoms with E-state index in [-0.39, 0.29) is 24.3 Å². The molecule has 3 atom stereocenters. The lowest BCUT2D eigenvalue weighted by atomic mass is 9.79. The molecular weight excluding hydrogens is 216 g/mol.